The maximum absolute atomic E-state index is 14.5. The van der Waals surface area contributed by atoms with Crippen LogP contribution in [0.1, 0.15) is 89.8 Å². The summed E-state index contributed by atoms with van der Waals surface area (Å²) in [6.07, 6.45) is -7.18. The van der Waals surface area contributed by atoms with Crippen molar-refractivity contribution < 1.29 is 108 Å². The first-order chi connectivity index (χ1) is 29.9. The molecule has 0 aliphatic heterocycles. The third-order valence-corrected chi connectivity index (χ3v) is 9.99. The van der Waals surface area contributed by atoms with Crippen LogP contribution in [0, 0.1) is 36.5 Å². The molecule has 0 aliphatic carbocycles. The average Bonchev–Trinajstić information content (AvgIpc) is 3.81. The fourth-order valence-electron chi connectivity index (χ4n) is 5.67. The number of fused-ring (bicyclic) bond motifs is 1. The Bertz CT molecular complexity index is 2390. The zero-order valence-corrected chi connectivity index (χ0v) is 44.9. The van der Waals surface area contributed by atoms with E-state index in [9.17, 15) is 48.7 Å². The van der Waals surface area contributed by atoms with Gasteiger partial charge in [-0.3, -0.25) is 16.4 Å². The number of rotatable bonds is 12. The van der Waals surface area contributed by atoms with Gasteiger partial charge in [-0.05, 0) is 86.1 Å². The van der Waals surface area contributed by atoms with Crippen LogP contribution in [0.5, 0.6) is 0 Å². The molecule has 1 unspecified atom stereocenters. The number of hydrogen-bond acceptors (Lipinski definition) is 6. The second kappa shape index (κ2) is 27.5. The second-order valence-electron chi connectivity index (χ2n) is 13.1. The quantitative estimate of drug-likeness (QED) is 0.0458. The standard InChI is InChI=1S/C37H30ClF10N7OS2.3C2H6.2Na/c1-34(2,57-4)11-10-22-6-7-23(24-8-9-25(38)30-32(24)55(18-36(43,44)45)52-33(30)53-58-5)31(49-22)26(14-19-12-20(39)15-21(40)13-19)50-29(56)17-54-28(35(3,41)42)16-27(51-54)37(46,47)48;3*1-2;;/h6-9,12-13,15,26H,3,14,17-18H2,1-2,4-5H3,(H2,50,52,53,56);3*1-2H3;;/q-2;;;;2*+1/p-1. The first kappa shape index (κ1) is 63.4. The number of carbonyl (C=O) groups is 1. The number of halogens is 11. The number of carbonyl (C=O) groups excluding carboxylic acids is 1. The van der Waals surface area contributed by atoms with Gasteiger partial charge in [-0.15, -0.1) is 17.5 Å². The third kappa shape index (κ3) is 17.7. The molecule has 1 atom stereocenters. The minimum absolute atomic E-state index is 0. The smallest absolute Gasteiger partial charge is 0.413 e. The van der Waals surface area contributed by atoms with Crippen LogP contribution in [0.4, 0.5) is 49.7 Å². The molecule has 0 saturated heterocycles. The number of benzene rings is 2. The maximum Gasteiger partial charge on any atom is 1.00 e. The zero-order chi connectivity index (χ0) is 49.0. The van der Waals surface area contributed by atoms with Crippen LogP contribution in [0.15, 0.2) is 42.5 Å². The molecule has 0 spiro atoms. The van der Waals surface area contributed by atoms with E-state index in [0.717, 1.165) is 24.1 Å². The molecule has 0 fully saturated rings. The van der Waals surface area contributed by atoms with Gasteiger partial charge in [0.1, 0.15) is 36.3 Å². The van der Waals surface area contributed by atoms with Crippen molar-refractivity contribution in [1.82, 2.24) is 29.9 Å². The first-order valence-corrected chi connectivity index (χ1v) is 22.3. The molecule has 3 heterocycles. The molecule has 23 heteroatoms. The van der Waals surface area contributed by atoms with E-state index in [1.54, 1.807) is 12.5 Å². The molecule has 5 aromatic rings. The van der Waals surface area contributed by atoms with E-state index in [0.29, 0.717) is 10.7 Å². The predicted octanol–water partition coefficient (Wildman–Crippen LogP) is 7.50. The molecular formula is C43H47ClF10N7Na2OS2-. The molecule has 66 heavy (non-hydrogen) atoms. The molecule has 8 nitrogen and oxygen atoms in total. The Morgan fingerprint density at radius 2 is 1.47 bits per heavy atom. The van der Waals surface area contributed by atoms with E-state index in [2.05, 4.69) is 44.0 Å². The van der Waals surface area contributed by atoms with Crippen molar-refractivity contribution in [3.05, 3.63) is 105 Å². The molecule has 3 aromatic heterocycles. The summed E-state index contributed by atoms with van der Waals surface area (Å²) in [6, 6.07) is 7.89. The van der Waals surface area contributed by atoms with Crippen LogP contribution in [0.25, 0.3) is 26.8 Å². The summed E-state index contributed by atoms with van der Waals surface area (Å²) in [5.74, 6) is -1.71. The molecule has 2 aromatic carbocycles. The van der Waals surface area contributed by atoms with Crippen molar-refractivity contribution in [2.45, 2.75) is 104 Å². The van der Waals surface area contributed by atoms with Gasteiger partial charge in [-0.1, -0.05) is 65.1 Å². The number of hydrogen-bond donors (Lipinski definition) is 1. The van der Waals surface area contributed by atoms with E-state index in [-0.39, 0.29) is 114 Å². The second-order valence-corrected chi connectivity index (χ2v) is 15.5. The number of alkyl halides is 8. The number of aromatic nitrogens is 5. The Morgan fingerprint density at radius 1 is 0.894 bits per heavy atom. The van der Waals surface area contributed by atoms with Crippen molar-refractivity contribution in [3.8, 4) is 23.0 Å². The molecule has 0 radical (unpaired) electrons. The Kier molecular flexibility index (Phi) is 26.5. The fraction of sp³-hybridized carbons (Fsp3) is 0.419. The predicted molar refractivity (Wildman–Crippen MR) is 235 cm³/mol. The molecule has 352 valence electrons. The number of thioether (sulfide) groups is 1. The SMILES string of the molecule is CC.CC.CC.[CH2-]C(F)(F)c1[c-]c(C(F)(F)F)nn1CC(=O)NC(Cc1cc(F)cc(F)c1)c1nc(C#CC(C)(C)SC)ccc1-c1ccc(Cl)c2c([N-]SC)nn(CC(F)(F)F)c12.[Na+].[Na+]. The van der Waals surface area contributed by atoms with Crippen molar-refractivity contribution >= 4 is 57.9 Å². The van der Waals surface area contributed by atoms with Gasteiger partial charge in [0.2, 0.25) is 5.91 Å². The van der Waals surface area contributed by atoms with E-state index >= 15 is 0 Å². The minimum atomic E-state index is -5.23. The summed E-state index contributed by atoms with van der Waals surface area (Å²) in [6.45, 7) is 15.3. The number of pyridine rings is 1. The summed E-state index contributed by atoms with van der Waals surface area (Å²) in [4.78, 5) is 18.4. The van der Waals surface area contributed by atoms with Crippen LogP contribution in [0.3, 0.4) is 0 Å². The van der Waals surface area contributed by atoms with E-state index in [1.165, 1.54) is 42.1 Å². The minimum Gasteiger partial charge on any atom is -0.413 e. The molecule has 1 amide bonds. The van der Waals surface area contributed by atoms with Gasteiger partial charge in [0.05, 0.1) is 22.0 Å². The van der Waals surface area contributed by atoms with E-state index < -0.39 is 77.5 Å². The largest absolute Gasteiger partial charge is 1.00 e. The van der Waals surface area contributed by atoms with Crippen molar-refractivity contribution in [2.75, 3.05) is 12.5 Å². The van der Waals surface area contributed by atoms with Crippen LogP contribution in [-0.4, -0.2) is 53.9 Å². The maximum atomic E-state index is 14.5. The fourth-order valence-corrected chi connectivity index (χ4v) is 6.36. The Labute approximate surface area is 436 Å². The molecule has 0 bridgehead atoms. The van der Waals surface area contributed by atoms with Crippen molar-refractivity contribution in [1.29, 1.82) is 0 Å². The average molecular weight is 1010 g/mol. The van der Waals surface area contributed by atoms with E-state index in [4.69, 9.17) is 11.6 Å². The Morgan fingerprint density at radius 3 is 1.98 bits per heavy atom. The third-order valence-electron chi connectivity index (χ3n) is 8.20. The zero-order valence-electron chi connectivity index (χ0n) is 38.5. The van der Waals surface area contributed by atoms with E-state index in [1.807, 2.05) is 55.4 Å². The molecule has 0 aliphatic rings. The first-order valence-electron chi connectivity index (χ1n) is 19.5. The van der Waals surface area contributed by atoms with Gasteiger partial charge in [0.25, 0.3) is 0 Å². The Balaban J connectivity index is 0.00000507. The normalized spacial score (nSPS) is 11.7. The summed E-state index contributed by atoms with van der Waals surface area (Å²) in [5, 5.41) is 9.64. The summed E-state index contributed by atoms with van der Waals surface area (Å²) >= 11 is 8.81. The van der Waals surface area contributed by atoms with Gasteiger partial charge in [-0.25, -0.2) is 27.6 Å². The van der Waals surface area contributed by atoms with Gasteiger partial charge in [0, 0.05) is 27.6 Å². The van der Waals surface area contributed by atoms with Crippen LogP contribution >= 0.6 is 35.3 Å². The molecule has 0 saturated carbocycles. The molecule has 5 rings (SSSR count). The number of amides is 1. The topological polar surface area (TPSA) is 91.7 Å². The van der Waals surface area contributed by atoms with Gasteiger partial charge >= 0.3 is 71.5 Å². The molecule has 1 N–H and O–H groups in total. The van der Waals surface area contributed by atoms with Gasteiger partial charge in [-0.2, -0.15) is 38.3 Å². The van der Waals surface area contributed by atoms with Gasteiger partial charge in [0.15, 0.2) is 0 Å². The summed E-state index contributed by atoms with van der Waals surface area (Å²) in [7, 11) is 0. The number of nitrogens with one attached hydrogen (secondary N) is 1. The van der Waals surface area contributed by atoms with Crippen LogP contribution < -0.4 is 64.4 Å². The summed E-state index contributed by atoms with van der Waals surface area (Å²) in [5.41, 5.74) is -3.64. The Hall–Kier alpha value is -2.61. The number of nitrogens with zero attached hydrogens (tertiary/aromatic N) is 6. The monoisotopic (exact) mass is 1010 g/mol. The van der Waals surface area contributed by atoms with Crippen molar-refractivity contribution in [3.63, 3.8) is 0 Å². The summed E-state index contributed by atoms with van der Waals surface area (Å²) < 4.78 is 144. The van der Waals surface area contributed by atoms with Crippen molar-refractivity contribution in [2.24, 2.45) is 0 Å². The van der Waals surface area contributed by atoms with Gasteiger partial charge < -0.3 is 25.9 Å². The van der Waals surface area contributed by atoms with Crippen LogP contribution in [0.2, 0.25) is 5.02 Å². The van der Waals surface area contributed by atoms with Crippen LogP contribution in [-0.2, 0) is 36.4 Å². The molecular weight excluding hydrogens is 966 g/mol.